The van der Waals surface area contributed by atoms with Gasteiger partial charge in [-0.3, -0.25) is 4.79 Å². The zero-order valence-electron chi connectivity index (χ0n) is 13.6. The number of fused-ring (bicyclic) bond motifs is 3. The molecule has 0 aliphatic heterocycles. The minimum atomic E-state index is 0.0829. The van der Waals surface area contributed by atoms with Crippen LogP contribution in [-0.4, -0.2) is 35.5 Å². The van der Waals surface area contributed by atoms with E-state index in [0.717, 1.165) is 42.2 Å². The summed E-state index contributed by atoms with van der Waals surface area (Å²) in [4.78, 5) is 25.5. The van der Waals surface area contributed by atoms with Crippen LogP contribution in [0.2, 0.25) is 0 Å². The molecule has 1 amide bonds. The molecule has 1 atom stereocenters. The van der Waals surface area contributed by atoms with Gasteiger partial charge >= 0.3 is 0 Å². The topological polar surface area (TPSA) is 58.1 Å². The van der Waals surface area contributed by atoms with Crippen molar-refractivity contribution in [1.82, 2.24) is 15.3 Å². The van der Waals surface area contributed by atoms with E-state index < -0.39 is 0 Å². The maximum Gasteiger partial charge on any atom is 0.239 e. The molecule has 2 aliphatic carbocycles. The van der Waals surface area contributed by atoms with Crippen LogP contribution in [0.1, 0.15) is 36.6 Å². The van der Waals surface area contributed by atoms with Crippen LogP contribution in [0.5, 0.6) is 0 Å². The Morgan fingerprint density at radius 3 is 3.00 bits per heavy atom. The Bertz CT molecular complexity index is 752. The molecule has 2 aromatic heterocycles. The fourth-order valence-corrected chi connectivity index (χ4v) is 4.68. The maximum atomic E-state index is 12.1. The molecule has 6 heteroatoms. The summed E-state index contributed by atoms with van der Waals surface area (Å²) in [6.45, 7) is 2.66. The molecule has 0 spiro atoms. The molecule has 2 aromatic rings. The Labute approximate surface area is 140 Å². The van der Waals surface area contributed by atoms with Gasteiger partial charge in [0.15, 0.2) is 0 Å². The Morgan fingerprint density at radius 1 is 1.39 bits per heavy atom. The first-order valence-electron chi connectivity index (χ1n) is 8.37. The van der Waals surface area contributed by atoms with E-state index in [4.69, 9.17) is 0 Å². The molecule has 5 nitrogen and oxygen atoms in total. The van der Waals surface area contributed by atoms with Crippen LogP contribution in [0.3, 0.4) is 0 Å². The first kappa shape index (κ1) is 14.9. The SMILES string of the molecule is CC1CCc2c(sc3ncnc(N(C)CC(=O)NC4CC4)c23)C1. The van der Waals surface area contributed by atoms with E-state index in [0.29, 0.717) is 12.6 Å². The van der Waals surface area contributed by atoms with Crippen LogP contribution < -0.4 is 10.2 Å². The Balaban J connectivity index is 1.64. The Hall–Kier alpha value is -1.69. The number of thiophene rings is 1. The summed E-state index contributed by atoms with van der Waals surface area (Å²) < 4.78 is 0. The van der Waals surface area contributed by atoms with Gasteiger partial charge in [-0.05, 0) is 43.6 Å². The standard InChI is InChI=1S/C17H22N4OS/c1-10-3-6-12-13(7-10)23-17-15(12)16(18-9-19-17)21(2)8-14(22)20-11-4-5-11/h9-11H,3-8H2,1-2H3,(H,20,22). The second-order valence-electron chi connectivity index (χ2n) is 6.93. The van der Waals surface area contributed by atoms with Gasteiger partial charge in [0.25, 0.3) is 0 Å². The number of hydrogen-bond donors (Lipinski definition) is 1. The van der Waals surface area contributed by atoms with Crippen molar-refractivity contribution in [3.8, 4) is 0 Å². The number of hydrogen-bond acceptors (Lipinski definition) is 5. The summed E-state index contributed by atoms with van der Waals surface area (Å²) in [7, 11) is 1.95. The zero-order chi connectivity index (χ0) is 16.0. The van der Waals surface area contributed by atoms with E-state index in [2.05, 4.69) is 22.2 Å². The maximum absolute atomic E-state index is 12.1. The van der Waals surface area contributed by atoms with Gasteiger partial charge in [0.2, 0.25) is 5.91 Å². The molecule has 0 radical (unpaired) electrons. The highest BCUT2D eigenvalue weighted by Crippen LogP contribution is 2.40. The Kier molecular flexibility index (Phi) is 3.71. The van der Waals surface area contributed by atoms with E-state index in [-0.39, 0.29) is 5.91 Å². The molecule has 122 valence electrons. The smallest absolute Gasteiger partial charge is 0.239 e. The van der Waals surface area contributed by atoms with Gasteiger partial charge in [0, 0.05) is 18.0 Å². The van der Waals surface area contributed by atoms with E-state index in [1.165, 1.54) is 22.2 Å². The average Bonchev–Trinajstić information content (AvgIpc) is 3.24. The molecule has 1 N–H and O–H groups in total. The van der Waals surface area contributed by atoms with Crippen molar-refractivity contribution in [3.05, 3.63) is 16.8 Å². The van der Waals surface area contributed by atoms with Crippen molar-refractivity contribution in [2.45, 2.75) is 45.1 Å². The normalized spacial score (nSPS) is 20.3. The van der Waals surface area contributed by atoms with Gasteiger partial charge in [-0.25, -0.2) is 9.97 Å². The minimum Gasteiger partial charge on any atom is -0.352 e. The fourth-order valence-electron chi connectivity index (χ4n) is 3.34. The number of nitrogens with one attached hydrogen (secondary N) is 1. The summed E-state index contributed by atoms with van der Waals surface area (Å²) in [6, 6.07) is 0.400. The second-order valence-corrected chi connectivity index (χ2v) is 8.01. The quantitative estimate of drug-likeness (QED) is 0.936. The third-order valence-electron chi connectivity index (χ3n) is 4.76. The number of carbonyl (C=O) groups is 1. The van der Waals surface area contributed by atoms with Crippen molar-refractivity contribution < 1.29 is 4.79 Å². The number of nitrogens with zero attached hydrogens (tertiary/aromatic N) is 3. The van der Waals surface area contributed by atoms with Gasteiger partial charge in [0.1, 0.15) is 17.0 Å². The predicted octanol–water partition coefficient (Wildman–Crippen LogP) is 2.53. The molecule has 0 aromatic carbocycles. The summed E-state index contributed by atoms with van der Waals surface area (Å²) in [5.41, 5.74) is 1.41. The van der Waals surface area contributed by atoms with Crippen LogP contribution in [0, 0.1) is 5.92 Å². The van der Waals surface area contributed by atoms with Crippen molar-refractivity contribution in [2.24, 2.45) is 5.92 Å². The van der Waals surface area contributed by atoms with Crippen molar-refractivity contribution in [1.29, 1.82) is 0 Å². The minimum absolute atomic E-state index is 0.0829. The molecule has 1 fully saturated rings. The molecule has 1 unspecified atom stereocenters. The number of amides is 1. The number of carbonyl (C=O) groups excluding carboxylic acids is 1. The lowest BCUT2D eigenvalue weighted by Gasteiger charge is -2.21. The molecular formula is C17H22N4OS. The summed E-state index contributed by atoms with van der Waals surface area (Å²) in [6.07, 6.45) is 7.31. The van der Waals surface area contributed by atoms with Crippen molar-refractivity contribution in [3.63, 3.8) is 0 Å². The molecule has 23 heavy (non-hydrogen) atoms. The third-order valence-corrected chi connectivity index (χ3v) is 5.92. The highest BCUT2D eigenvalue weighted by molar-refractivity contribution is 7.19. The highest BCUT2D eigenvalue weighted by atomic mass is 32.1. The summed E-state index contributed by atoms with van der Waals surface area (Å²) in [5, 5.41) is 4.21. The first-order valence-corrected chi connectivity index (χ1v) is 9.19. The third kappa shape index (κ3) is 2.92. The molecule has 4 rings (SSSR count). The second kappa shape index (κ2) is 5.74. The molecule has 2 heterocycles. The molecule has 0 saturated heterocycles. The van der Waals surface area contributed by atoms with E-state index in [1.807, 2.05) is 11.9 Å². The van der Waals surface area contributed by atoms with Crippen molar-refractivity contribution >= 4 is 33.3 Å². The monoisotopic (exact) mass is 330 g/mol. The van der Waals surface area contributed by atoms with Gasteiger partial charge in [-0.2, -0.15) is 0 Å². The number of likely N-dealkylation sites (N-methyl/N-ethyl adjacent to an activating group) is 1. The predicted molar refractivity (Wildman–Crippen MR) is 93.0 cm³/mol. The number of anilines is 1. The van der Waals surface area contributed by atoms with Gasteiger partial charge in [0.05, 0.1) is 11.9 Å². The van der Waals surface area contributed by atoms with Gasteiger partial charge < -0.3 is 10.2 Å². The van der Waals surface area contributed by atoms with Crippen LogP contribution in [0.25, 0.3) is 10.2 Å². The summed E-state index contributed by atoms with van der Waals surface area (Å²) >= 11 is 1.80. The van der Waals surface area contributed by atoms with Gasteiger partial charge in [-0.1, -0.05) is 6.92 Å². The molecule has 1 saturated carbocycles. The number of aryl methyl sites for hydroxylation is 1. The van der Waals surface area contributed by atoms with Crippen molar-refractivity contribution in [2.75, 3.05) is 18.5 Å². The van der Waals surface area contributed by atoms with Crippen LogP contribution in [0.15, 0.2) is 6.33 Å². The molecular weight excluding hydrogens is 308 g/mol. The lowest BCUT2D eigenvalue weighted by atomic mass is 9.89. The number of rotatable bonds is 4. The lowest BCUT2D eigenvalue weighted by molar-refractivity contribution is -0.119. The number of aromatic nitrogens is 2. The average molecular weight is 330 g/mol. The van der Waals surface area contributed by atoms with E-state index in [1.54, 1.807) is 17.7 Å². The Morgan fingerprint density at radius 2 is 2.22 bits per heavy atom. The van der Waals surface area contributed by atoms with Crippen LogP contribution in [0.4, 0.5) is 5.82 Å². The largest absolute Gasteiger partial charge is 0.352 e. The molecule has 2 aliphatic rings. The molecule has 0 bridgehead atoms. The highest BCUT2D eigenvalue weighted by Gasteiger charge is 2.26. The van der Waals surface area contributed by atoms with Gasteiger partial charge in [-0.15, -0.1) is 11.3 Å². The van der Waals surface area contributed by atoms with E-state index in [9.17, 15) is 4.79 Å². The zero-order valence-corrected chi connectivity index (χ0v) is 14.4. The van der Waals surface area contributed by atoms with Crippen LogP contribution in [-0.2, 0) is 17.6 Å². The van der Waals surface area contributed by atoms with Crippen LogP contribution >= 0.6 is 11.3 Å². The lowest BCUT2D eigenvalue weighted by Crippen LogP contribution is -2.36. The fraction of sp³-hybridized carbons (Fsp3) is 0.588. The summed E-state index contributed by atoms with van der Waals surface area (Å²) in [5.74, 6) is 1.72. The van der Waals surface area contributed by atoms with E-state index >= 15 is 0 Å². The first-order chi connectivity index (χ1) is 11.1.